The minimum Gasteiger partial charge on any atom is -0.462 e. The van der Waals surface area contributed by atoms with Crippen LogP contribution in [0.5, 0.6) is 5.75 Å². The normalized spacial score (nSPS) is 36.3. The van der Waals surface area contributed by atoms with Crippen molar-refractivity contribution in [3.05, 3.63) is 24.5 Å². The molecule has 1 aromatic rings. The summed E-state index contributed by atoms with van der Waals surface area (Å²) in [6.07, 6.45) is -3.38. The quantitative estimate of drug-likeness (QED) is 0.508. The molecule has 0 aliphatic carbocycles. The van der Waals surface area contributed by atoms with Crippen molar-refractivity contribution >= 4 is 0 Å². The molecule has 0 bridgehead atoms. The van der Waals surface area contributed by atoms with E-state index in [1.807, 2.05) is 0 Å². The van der Waals surface area contributed by atoms with Crippen LogP contribution >= 0.6 is 0 Å². The molecule has 18 heavy (non-hydrogen) atoms. The first kappa shape index (κ1) is 13.2. The third kappa shape index (κ3) is 2.60. The van der Waals surface area contributed by atoms with Gasteiger partial charge in [-0.15, -0.1) is 0 Å². The van der Waals surface area contributed by atoms with E-state index in [1.165, 1.54) is 12.4 Å². The maximum absolute atomic E-state index is 9.73. The summed E-state index contributed by atoms with van der Waals surface area (Å²) in [6, 6.07) is 3.11. The summed E-state index contributed by atoms with van der Waals surface area (Å²) in [5.74, 6) is 0.398. The number of aromatic nitrogens is 1. The third-order valence-corrected chi connectivity index (χ3v) is 2.75. The molecule has 1 saturated heterocycles. The van der Waals surface area contributed by atoms with E-state index in [9.17, 15) is 15.3 Å². The molecule has 7 heteroatoms. The predicted octanol–water partition coefficient (Wildman–Crippen LogP) is -1.74. The highest BCUT2D eigenvalue weighted by Crippen LogP contribution is 2.23. The highest BCUT2D eigenvalue weighted by molar-refractivity contribution is 5.17. The number of ether oxygens (including phenoxy) is 2. The molecule has 0 radical (unpaired) electrons. The average molecular weight is 257 g/mol. The Balaban J connectivity index is 2.08. The van der Waals surface area contributed by atoms with Gasteiger partial charge in [-0.1, -0.05) is 0 Å². The standard InChI is InChI=1S/C11H15NO6/c13-5-7-8(14)9(15)10(16)11(18-7)17-6-1-3-12-4-2-6/h1-4,7-11,13-16H,5H2/t7-,8+,9+,10-,11-/m1/s1. The number of nitrogens with zero attached hydrogens (tertiary/aromatic N) is 1. The molecule has 7 nitrogen and oxygen atoms in total. The van der Waals surface area contributed by atoms with Gasteiger partial charge in [-0.2, -0.15) is 0 Å². The van der Waals surface area contributed by atoms with E-state index in [0.717, 1.165) is 0 Å². The lowest BCUT2D eigenvalue weighted by molar-refractivity contribution is -0.277. The maximum atomic E-state index is 9.73. The first-order valence-electron chi connectivity index (χ1n) is 5.50. The van der Waals surface area contributed by atoms with Crippen molar-refractivity contribution in [3.8, 4) is 5.75 Å². The molecule has 0 aromatic carbocycles. The summed E-state index contributed by atoms with van der Waals surface area (Å²) in [7, 11) is 0. The van der Waals surface area contributed by atoms with Crippen LogP contribution in [0.15, 0.2) is 24.5 Å². The summed E-state index contributed by atoms with van der Waals surface area (Å²) in [5, 5.41) is 37.9. The van der Waals surface area contributed by atoms with Gasteiger partial charge in [0.05, 0.1) is 6.61 Å². The second-order valence-corrected chi connectivity index (χ2v) is 4.00. The zero-order valence-corrected chi connectivity index (χ0v) is 9.46. The van der Waals surface area contributed by atoms with Crippen LogP contribution in [-0.4, -0.2) is 62.7 Å². The zero-order chi connectivity index (χ0) is 13.1. The van der Waals surface area contributed by atoms with Crippen LogP contribution < -0.4 is 4.74 Å². The van der Waals surface area contributed by atoms with Gasteiger partial charge in [0.1, 0.15) is 30.2 Å². The highest BCUT2D eigenvalue weighted by atomic mass is 16.7. The summed E-state index contributed by atoms with van der Waals surface area (Å²) in [5.41, 5.74) is 0. The third-order valence-electron chi connectivity index (χ3n) is 2.75. The number of rotatable bonds is 3. The Kier molecular flexibility index (Phi) is 4.10. The number of hydrogen-bond acceptors (Lipinski definition) is 7. The molecule has 1 aliphatic heterocycles. The molecule has 0 spiro atoms. The Hall–Kier alpha value is -1.25. The fraction of sp³-hybridized carbons (Fsp3) is 0.545. The van der Waals surface area contributed by atoms with Crippen molar-refractivity contribution in [3.63, 3.8) is 0 Å². The van der Waals surface area contributed by atoms with E-state index in [0.29, 0.717) is 5.75 Å². The van der Waals surface area contributed by atoms with Gasteiger partial charge in [0.25, 0.3) is 0 Å². The van der Waals surface area contributed by atoms with Crippen molar-refractivity contribution in [2.45, 2.75) is 30.7 Å². The molecule has 1 fully saturated rings. The van der Waals surface area contributed by atoms with Gasteiger partial charge in [0, 0.05) is 12.4 Å². The molecule has 1 aromatic heterocycles. The first-order chi connectivity index (χ1) is 8.63. The van der Waals surface area contributed by atoms with E-state index in [-0.39, 0.29) is 0 Å². The fourth-order valence-corrected chi connectivity index (χ4v) is 1.72. The van der Waals surface area contributed by atoms with Crippen LogP contribution in [0, 0.1) is 0 Å². The molecule has 100 valence electrons. The van der Waals surface area contributed by atoms with Crippen LogP contribution in [0.1, 0.15) is 0 Å². The number of aliphatic hydroxyl groups is 4. The second-order valence-electron chi connectivity index (χ2n) is 4.00. The fourth-order valence-electron chi connectivity index (χ4n) is 1.72. The topological polar surface area (TPSA) is 112 Å². The van der Waals surface area contributed by atoms with E-state index < -0.39 is 37.3 Å². The van der Waals surface area contributed by atoms with Gasteiger partial charge in [-0.25, -0.2) is 0 Å². The Bertz CT molecular complexity index is 373. The SMILES string of the molecule is OC[C@H]1O[C@@H](Oc2ccncc2)[C@H](O)[C@@H](O)[C@H]1O. The summed E-state index contributed by atoms with van der Waals surface area (Å²) >= 11 is 0. The highest BCUT2D eigenvalue weighted by Gasteiger charge is 2.44. The Morgan fingerprint density at radius 3 is 2.39 bits per heavy atom. The largest absolute Gasteiger partial charge is 0.462 e. The average Bonchev–Trinajstić information content (AvgIpc) is 2.40. The molecule has 1 aliphatic rings. The smallest absolute Gasteiger partial charge is 0.229 e. The van der Waals surface area contributed by atoms with Gasteiger partial charge in [-0.3, -0.25) is 4.98 Å². The van der Waals surface area contributed by atoms with Crippen molar-refractivity contribution in [2.75, 3.05) is 6.61 Å². The number of pyridine rings is 1. The van der Waals surface area contributed by atoms with Crippen molar-refractivity contribution in [1.82, 2.24) is 4.98 Å². The molecule has 4 N–H and O–H groups in total. The molecule has 5 atom stereocenters. The van der Waals surface area contributed by atoms with Gasteiger partial charge in [-0.05, 0) is 12.1 Å². The number of aliphatic hydroxyl groups excluding tert-OH is 4. The van der Waals surface area contributed by atoms with E-state index >= 15 is 0 Å². The molecule has 2 rings (SSSR count). The van der Waals surface area contributed by atoms with Crippen molar-refractivity contribution < 1.29 is 29.9 Å². The van der Waals surface area contributed by atoms with Crippen molar-refractivity contribution in [2.24, 2.45) is 0 Å². The predicted molar refractivity (Wildman–Crippen MR) is 58.6 cm³/mol. The molecule has 0 saturated carbocycles. The monoisotopic (exact) mass is 257 g/mol. The Morgan fingerprint density at radius 1 is 1.11 bits per heavy atom. The Labute approximate surface area is 103 Å². The van der Waals surface area contributed by atoms with Crippen LogP contribution in [-0.2, 0) is 4.74 Å². The van der Waals surface area contributed by atoms with Gasteiger partial charge >= 0.3 is 0 Å². The summed E-state index contributed by atoms with van der Waals surface area (Å²) < 4.78 is 10.5. The van der Waals surface area contributed by atoms with Gasteiger partial charge < -0.3 is 29.9 Å². The maximum Gasteiger partial charge on any atom is 0.229 e. The Morgan fingerprint density at radius 2 is 1.78 bits per heavy atom. The van der Waals surface area contributed by atoms with Crippen LogP contribution in [0.2, 0.25) is 0 Å². The molecule has 0 amide bonds. The number of hydrogen-bond donors (Lipinski definition) is 4. The van der Waals surface area contributed by atoms with Crippen molar-refractivity contribution in [1.29, 1.82) is 0 Å². The lowest BCUT2D eigenvalue weighted by Crippen LogP contribution is -2.60. The lowest BCUT2D eigenvalue weighted by atomic mass is 9.99. The molecular formula is C11H15NO6. The van der Waals surface area contributed by atoms with Crippen LogP contribution in [0.25, 0.3) is 0 Å². The first-order valence-corrected chi connectivity index (χ1v) is 5.50. The molecular weight excluding hydrogens is 242 g/mol. The second kappa shape index (κ2) is 5.59. The van der Waals surface area contributed by atoms with E-state index in [4.69, 9.17) is 14.6 Å². The molecule has 0 unspecified atom stereocenters. The zero-order valence-electron chi connectivity index (χ0n) is 9.46. The minimum absolute atomic E-state index is 0.398. The van der Waals surface area contributed by atoms with E-state index in [2.05, 4.69) is 4.98 Å². The van der Waals surface area contributed by atoms with Crippen LogP contribution in [0.3, 0.4) is 0 Å². The van der Waals surface area contributed by atoms with Crippen LogP contribution in [0.4, 0.5) is 0 Å². The molecule has 2 heterocycles. The summed E-state index contributed by atoms with van der Waals surface area (Å²) in [6.45, 7) is -0.485. The van der Waals surface area contributed by atoms with E-state index in [1.54, 1.807) is 12.1 Å². The lowest BCUT2D eigenvalue weighted by Gasteiger charge is -2.39. The minimum atomic E-state index is -1.44. The summed E-state index contributed by atoms with van der Waals surface area (Å²) in [4.78, 5) is 3.80. The van der Waals surface area contributed by atoms with Gasteiger partial charge in [0.15, 0.2) is 0 Å². The van der Waals surface area contributed by atoms with Gasteiger partial charge in [0.2, 0.25) is 6.29 Å².